The summed E-state index contributed by atoms with van der Waals surface area (Å²) in [6, 6.07) is 3.21. The third-order valence-corrected chi connectivity index (χ3v) is 2.47. The van der Waals surface area contributed by atoms with Crippen LogP contribution in [-0.4, -0.2) is 35.3 Å². The number of nitrogens with zero attached hydrogens (tertiary/aromatic N) is 1. The summed E-state index contributed by atoms with van der Waals surface area (Å²) in [5.41, 5.74) is 0.656. The van der Waals surface area contributed by atoms with E-state index in [-0.39, 0.29) is 17.2 Å². The van der Waals surface area contributed by atoms with Gasteiger partial charge in [-0.1, -0.05) is 0 Å². The molecule has 1 aromatic rings. The molecule has 0 unspecified atom stereocenters. The molecule has 6 heteroatoms. The molecule has 0 saturated heterocycles. The van der Waals surface area contributed by atoms with Gasteiger partial charge in [0.05, 0.1) is 0 Å². The number of alkyl carbamates (subject to hydrolysis) is 1. The molecule has 0 saturated carbocycles. The lowest BCUT2D eigenvalue weighted by Gasteiger charge is -2.19. The number of pyridine rings is 1. The molecule has 1 heterocycles. The highest BCUT2D eigenvalue weighted by molar-refractivity contribution is 5.93. The van der Waals surface area contributed by atoms with Crippen molar-refractivity contribution in [3.05, 3.63) is 29.1 Å². The number of rotatable bonds is 5. The van der Waals surface area contributed by atoms with Gasteiger partial charge in [0.2, 0.25) is 0 Å². The second-order valence-electron chi connectivity index (χ2n) is 5.64. The summed E-state index contributed by atoms with van der Waals surface area (Å²) in [7, 11) is 0. The summed E-state index contributed by atoms with van der Waals surface area (Å²) in [6.07, 6.45) is 0.569. The monoisotopic (exact) mass is 292 g/mol. The van der Waals surface area contributed by atoms with E-state index >= 15 is 0 Å². The molecule has 114 valence electrons. The molecular formula is C15H20N2O4. The molecule has 6 nitrogen and oxygen atoms in total. The number of carbonyl (C=O) groups excluding carboxylic acids is 3. The minimum atomic E-state index is -0.548. The molecule has 21 heavy (non-hydrogen) atoms. The molecule has 0 atom stereocenters. The molecule has 0 bridgehead atoms. The van der Waals surface area contributed by atoms with E-state index in [0.29, 0.717) is 19.3 Å². The Morgan fingerprint density at radius 3 is 2.52 bits per heavy atom. The Balaban J connectivity index is 2.63. The summed E-state index contributed by atoms with van der Waals surface area (Å²) in [4.78, 5) is 37.5. The maximum Gasteiger partial charge on any atom is 0.407 e. The molecule has 1 aromatic heterocycles. The fraction of sp³-hybridized carbons (Fsp3) is 0.467. The zero-order valence-corrected chi connectivity index (χ0v) is 12.7. The first-order chi connectivity index (χ1) is 9.71. The number of ether oxygens (including phenoxy) is 1. The van der Waals surface area contributed by atoms with E-state index in [0.717, 1.165) is 5.56 Å². The van der Waals surface area contributed by atoms with Gasteiger partial charge in [0, 0.05) is 13.5 Å². The van der Waals surface area contributed by atoms with Crippen LogP contribution >= 0.6 is 0 Å². The number of ketones is 1. The largest absolute Gasteiger partial charge is 0.444 e. The zero-order valence-electron chi connectivity index (χ0n) is 12.7. The summed E-state index contributed by atoms with van der Waals surface area (Å²) < 4.78 is 5.11. The van der Waals surface area contributed by atoms with Crippen molar-refractivity contribution >= 4 is 18.2 Å². The molecular weight excluding hydrogens is 272 g/mol. The van der Waals surface area contributed by atoms with E-state index in [1.807, 2.05) is 0 Å². The van der Waals surface area contributed by atoms with Crippen molar-refractivity contribution in [1.82, 2.24) is 10.3 Å². The van der Waals surface area contributed by atoms with Crippen LogP contribution < -0.4 is 5.32 Å². The van der Waals surface area contributed by atoms with Crippen LogP contribution in [0.3, 0.4) is 0 Å². The normalized spacial score (nSPS) is 10.9. The highest BCUT2D eigenvalue weighted by Crippen LogP contribution is 2.08. The molecule has 0 radical (unpaired) electrons. The van der Waals surface area contributed by atoms with E-state index < -0.39 is 11.7 Å². The molecule has 0 spiro atoms. The van der Waals surface area contributed by atoms with Crippen molar-refractivity contribution in [1.29, 1.82) is 0 Å². The van der Waals surface area contributed by atoms with Gasteiger partial charge in [0.15, 0.2) is 12.1 Å². The molecule has 1 N–H and O–H groups in total. The number of aldehydes is 1. The number of hydrogen-bond donors (Lipinski definition) is 1. The second kappa shape index (κ2) is 6.97. The van der Waals surface area contributed by atoms with Crippen molar-refractivity contribution in [3.8, 4) is 0 Å². The maximum absolute atomic E-state index is 11.5. The highest BCUT2D eigenvalue weighted by Gasteiger charge is 2.15. The number of carbonyl (C=O) groups is 3. The smallest absolute Gasteiger partial charge is 0.407 e. The number of hydrogen-bond acceptors (Lipinski definition) is 5. The van der Waals surface area contributed by atoms with Crippen LogP contribution in [0.5, 0.6) is 0 Å². The number of Topliss-reactive ketones (excluding diaryl/α,β-unsaturated/α-hetero) is 1. The molecule has 1 amide bonds. The first kappa shape index (κ1) is 16.8. The summed E-state index contributed by atoms with van der Waals surface area (Å²) in [6.45, 7) is 7.08. The van der Waals surface area contributed by atoms with Crippen molar-refractivity contribution in [2.24, 2.45) is 0 Å². The van der Waals surface area contributed by atoms with Gasteiger partial charge in [-0.25, -0.2) is 9.78 Å². The van der Waals surface area contributed by atoms with Crippen molar-refractivity contribution in [2.75, 3.05) is 6.54 Å². The van der Waals surface area contributed by atoms with Crippen molar-refractivity contribution in [2.45, 2.75) is 39.7 Å². The van der Waals surface area contributed by atoms with Gasteiger partial charge in [0.25, 0.3) is 0 Å². The average molecular weight is 292 g/mol. The van der Waals surface area contributed by atoms with Crippen LogP contribution in [-0.2, 0) is 11.2 Å². The van der Waals surface area contributed by atoms with Crippen LogP contribution in [0.25, 0.3) is 0 Å². The van der Waals surface area contributed by atoms with Gasteiger partial charge in [-0.2, -0.15) is 0 Å². The zero-order chi connectivity index (χ0) is 16.0. The fourth-order valence-electron chi connectivity index (χ4n) is 1.62. The van der Waals surface area contributed by atoms with Gasteiger partial charge in [-0.3, -0.25) is 9.59 Å². The first-order valence-corrected chi connectivity index (χ1v) is 6.65. The molecule has 0 aliphatic heterocycles. The van der Waals surface area contributed by atoms with Gasteiger partial charge < -0.3 is 10.1 Å². The van der Waals surface area contributed by atoms with Gasteiger partial charge >= 0.3 is 6.09 Å². The fourth-order valence-corrected chi connectivity index (χ4v) is 1.62. The Labute approximate surface area is 123 Å². The molecule has 1 rings (SSSR count). The first-order valence-electron chi connectivity index (χ1n) is 6.65. The van der Waals surface area contributed by atoms with Crippen LogP contribution in [0.4, 0.5) is 4.79 Å². The van der Waals surface area contributed by atoms with E-state index in [4.69, 9.17) is 4.74 Å². The Bertz CT molecular complexity index is 547. The summed E-state index contributed by atoms with van der Waals surface area (Å²) in [5.74, 6) is -0.208. The highest BCUT2D eigenvalue weighted by atomic mass is 16.6. The van der Waals surface area contributed by atoms with Crippen LogP contribution in [0.2, 0.25) is 0 Å². The Morgan fingerprint density at radius 1 is 1.33 bits per heavy atom. The lowest BCUT2D eigenvalue weighted by atomic mass is 10.1. The standard InChI is InChI=1S/C15H20N2O4/c1-10(19)13-8-11(7-12(9-18)17-13)5-6-16-14(20)21-15(2,3)4/h7-9H,5-6H2,1-4H3,(H,16,20). The van der Waals surface area contributed by atoms with E-state index in [1.54, 1.807) is 32.9 Å². The summed E-state index contributed by atoms with van der Waals surface area (Å²) >= 11 is 0. The van der Waals surface area contributed by atoms with Gasteiger partial charge in [-0.05, 0) is 44.9 Å². The maximum atomic E-state index is 11.5. The van der Waals surface area contributed by atoms with Crippen LogP contribution in [0.15, 0.2) is 12.1 Å². The number of nitrogens with one attached hydrogen (secondary N) is 1. The van der Waals surface area contributed by atoms with Crippen LogP contribution in [0, 0.1) is 0 Å². The van der Waals surface area contributed by atoms with E-state index in [1.165, 1.54) is 6.92 Å². The number of amides is 1. The van der Waals surface area contributed by atoms with Crippen LogP contribution in [0.1, 0.15) is 54.2 Å². The quantitative estimate of drug-likeness (QED) is 0.664. The topological polar surface area (TPSA) is 85.4 Å². The third kappa shape index (κ3) is 6.16. The van der Waals surface area contributed by atoms with E-state index in [9.17, 15) is 14.4 Å². The predicted octanol–water partition coefficient (Wildman–Crippen LogP) is 2.16. The van der Waals surface area contributed by atoms with Crippen molar-refractivity contribution in [3.63, 3.8) is 0 Å². The Hall–Kier alpha value is -2.24. The van der Waals surface area contributed by atoms with Gasteiger partial charge in [-0.15, -0.1) is 0 Å². The Morgan fingerprint density at radius 2 is 2.00 bits per heavy atom. The lowest BCUT2D eigenvalue weighted by Crippen LogP contribution is -2.33. The molecule has 0 aliphatic rings. The molecule has 0 fully saturated rings. The van der Waals surface area contributed by atoms with E-state index in [2.05, 4.69) is 10.3 Å². The lowest BCUT2D eigenvalue weighted by molar-refractivity contribution is 0.0528. The SMILES string of the molecule is CC(=O)c1cc(CCNC(=O)OC(C)(C)C)cc(C=O)n1. The third-order valence-electron chi connectivity index (χ3n) is 2.47. The van der Waals surface area contributed by atoms with Crippen molar-refractivity contribution < 1.29 is 19.1 Å². The average Bonchev–Trinajstić information content (AvgIpc) is 2.36. The second-order valence-corrected chi connectivity index (χ2v) is 5.64. The minimum absolute atomic E-state index is 0.204. The summed E-state index contributed by atoms with van der Waals surface area (Å²) in [5, 5.41) is 2.62. The molecule has 0 aromatic carbocycles. The predicted molar refractivity (Wildman–Crippen MR) is 77.6 cm³/mol. The minimum Gasteiger partial charge on any atom is -0.444 e. The number of aromatic nitrogens is 1. The Kier molecular flexibility index (Phi) is 5.58. The van der Waals surface area contributed by atoms with Gasteiger partial charge in [0.1, 0.15) is 17.0 Å². The molecule has 0 aliphatic carbocycles.